The minimum Gasteiger partial charge on any atom is -0.481 e. The fourth-order valence-electron chi connectivity index (χ4n) is 4.12. The van der Waals surface area contributed by atoms with Crippen LogP contribution in [-0.4, -0.2) is 138 Å². The maximum Gasteiger partial charge on any atom is 0.303 e. The summed E-state index contributed by atoms with van der Waals surface area (Å²) in [5.74, 6) is -2.68. The van der Waals surface area contributed by atoms with Crippen molar-refractivity contribution < 1.29 is 80.5 Å². The smallest absolute Gasteiger partial charge is 0.303 e. The van der Waals surface area contributed by atoms with Crippen LogP contribution in [0.25, 0.3) is 0 Å². The molecule has 0 aromatic carbocycles. The predicted octanol–water partition coefficient (Wildman–Crippen LogP) is 5.61. The standard InChI is InChI=1S/4C8H16O2.2C5H12O4/c4*1-2-3-4-5-6-7-8(9)10;2*6-1-5(2-7,3-8)4-9/h4*2-7H2,1H3,(H,9,10);2*6-9H,1-4H2. The quantitative estimate of drug-likeness (QED) is 0.0366. The molecule has 58 heavy (non-hydrogen) atoms. The molecule has 0 spiro atoms. The molecule has 0 aliphatic heterocycles. The number of carbonyl (C=O) groups is 4. The second-order valence-electron chi connectivity index (χ2n) is 14.5. The summed E-state index contributed by atoms with van der Waals surface area (Å²) < 4.78 is 0. The van der Waals surface area contributed by atoms with Crippen LogP contribution in [-0.2, 0) is 19.2 Å². The van der Waals surface area contributed by atoms with Crippen LogP contribution < -0.4 is 0 Å². The predicted molar refractivity (Wildman–Crippen MR) is 226 cm³/mol. The van der Waals surface area contributed by atoms with Crippen molar-refractivity contribution in [3.8, 4) is 0 Å². The zero-order chi connectivity index (χ0) is 45.9. The van der Waals surface area contributed by atoms with Crippen LogP contribution in [0.1, 0.15) is 182 Å². The Kier molecular flexibility index (Phi) is 63.3. The second-order valence-corrected chi connectivity index (χ2v) is 14.5. The van der Waals surface area contributed by atoms with Gasteiger partial charge < -0.3 is 61.3 Å². The van der Waals surface area contributed by atoms with Gasteiger partial charge >= 0.3 is 23.9 Å². The Bertz CT molecular complexity index is 698. The molecule has 16 nitrogen and oxygen atoms in total. The molecule has 0 amide bonds. The van der Waals surface area contributed by atoms with Gasteiger partial charge in [-0.3, -0.25) is 19.2 Å². The average molecular weight is 849 g/mol. The van der Waals surface area contributed by atoms with Crippen LogP contribution in [0.3, 0.4) is 0 Å². The van der Waals surface area contributed by atoms with Crippen LogP contribution in [0.2, 0.25) is 0 Å². The van der Waals surface area contributed by atoms with Gasteiger partial charge in [0.25, 0.3) is 0 Å². The van der Waals surface area contributed by atoms with Gasteiger partial charge in [0.2, 0.25) is 0 Å². The first kappa shape index (κ1) is 67.3. The second kappa shape index (κ2) is 54.6. The maximum atomic E-state index is 10.0. The summed E-state index contributed by atoms with van der Waals surface area (Å²) in [5, 5.41) is 101. The van der Waals surface area contributed by atoms with E-state index < -0.39 is 87.6 Å². The Morgan fingerprint density at radius 1 is 0.276 bits per heavy atom. The van der Waals surface area contributed by atoms with E-state index in [1.54, 1.807) is 0 Å². The molecule has 0 aromatic heterocycles. The molecule has 0 fully saturated rings. The van der Waals surface area contributed by atoms with E-state index in [1.807, 2.05) is 0 Å². The van der Waals surface area contributed by atoms with Crippen molar-refractivity contribution in [2.24, 2.45) is 10.8 Å². The first-order chi connectivity index (χ1) is 27.6. The van der Waals surface area contributed by atoms with Crippen molar-refractivity contribution >= 4 is 23.9 Å². The monoisotopic (exact) mass is 849 g/mol. The summed E-state index contributed by atoms with van der Waals surface area (Å²) >= 11 is 0. The molecule has 0 aromatic rings. The molecule has 0 atom stereocenters. The highest BCUT2D eigenvalue weighted by molar-refractivity contribution is 5.67. The number of hydrogen-bond donors (Lipinski definition) is 12. The molecule has 0 saturated carbocycles. The molecule has 0 heterocycles. The number of unbranched alkanes of at least 4 members (excludes halogenated alkanes) is 16. The molecule has 352 valence electrons. The summed E-state index contributed by atoms with van der Waals surface area (Å²) in [6.07, 6.45) is 23.5. The SMILES string of the molecule is CCCCCCCC(=O)O.CCCCCCCC(=O)O.CCCCCCCC(=O)O.CCCCCCCC(=O)O.OCC(CO)(CO)CO.OCC(CO)(CO)CO. The van der Waals surface area contributed by atoms with Gasteiger partial charge in [-0.2, -0.15) is 0 Å². The lowest BCUT2D eigenvalue weighted by molar-refractivity contribution is -0.138. The summed E-state index contributed by atoms with van der Waals surface area (Å²) in [7, 11) is 0. The highest BCUT2D eigenvalue weighted by atomic mass is 16.4. The van der Waals surface area contributed by atoms with Gasteiger partial charge in [-0.05, 0) is 25.7 Å². The van der Waals surface area contributed by atoms with Gasteiger partial charge in [0.15, 0.2) is 0 Å². The van der Waals surface area contributed by atoms with E-state index in [1.165, 1.54) is 77.0 Å². The molecule has 12 N–H and O–H groups in total. The Hall–Kier alpha value is -2.44. The fourth-order valence-corrected chi connectivity index (χ4v) is 4.12. The zero-order valence-electron chi connectivity index (χ0n) is 36.6. The van der Waals surface area contributed by atoms with E-state index in [0.717, 1.165) is 51.4 Å². The van der Waals surface area contributed by atoms with Crippen molar-refractivity contribution in [2.75, 3.05) is 52.9 Å². The van der Waals surface area contributed by atoms with Gasteiger partial charge in [-0.25, -0.2) is 0 Å². The summed E-state index contributed by atoms with van der Waals surface area (Å²) in [4.78, 5) is 40.1. The third kappa shape index (κ3) is 60.2. The van der Waals surface area contributed by atoms with Crippen molar-refractivity contribution in [2.45, 2.75) is 182 Å². The molecule has 0 unspecified atom stereocenters. The van der Waals surface area contributed by atoms with E-state index in [0.29, 0.717) is 25.7 Å². The van der Waals surface area contributed by atoms with Gasteiger partial charge in [-0.15, -0.1) is 0 Å². The number of aliphatic hydroxyl groups excluding tert-OH is 8. The van der Waals surface area contributed by atoms with Crippen LogP contribution in [0.4, 0.5) is 0 Å². The van der Waals surface area contributed by atoms with Gasteiger partial charge in [0.1, 0.15) is 0 Å². The third-order valence-corrected chi connectivity index (χ3v) is 8.66. The first-order valence-corrected chi connectivity index (χ1v) is 21.3. The van der Waals surface area contributed by atoms with E-state index in [4.69, 9.17) is 61.3 Å². The molecule has 0 rings (SSSR count). The van der Waals surface area contributed by atoms with Crippen molar-refractivity contribution in [3.63, 3.8) is 0 Å². The normalized spacial score (nSPS) is 10.4. The largest absolute Gasteiger partial charge is 0.481 e. The Labute approximate surface area is 349 Å². The third-order valence-electron chi connectivity index (χ3n) is 8.66. The first-order valence-electron chi connectivity index (χ1n) is 21.3. The van der Waals surface area contributed by atoms with Gasteiger partial charge in [0, 0.05) is 25.7 Å². The van der Waals surface area contributed by atoms with Crippen molar-refractivity contribution in [1.29, 1.82) is 0 Å². The van der Waals surface area contributed by atoms with E-state index in [2.05, 4.69) is 27.7 Å². The fraction of sp³-hybridized carbons (Fsp3) is 0.905. The Balaban J connectivity index is -0.000000140. The van der Waals surface area contributed by atoms with Crippen molar-refractivity contribution in [3.05, 3.63) is 0 Å². The maximum absolute atomic E-state index is 10.0. The lowest BCUT2D eigenvalue weighted by Gasteiger charge is -2.23. The molecule has 0 aliphatic carbocycles. The van der Waals surface area contributed by atoms with E-state index in [-0.39, 0.29) is 0 Å². The number of hydrogen-bond acceptors (Lipinski definition) is 12. The minimum absolute atomic E-state index is 0.337. The Morgan fingerprint density at radius 3 is 0.500 bits per heavy atom. The van der Waals surface area contributed by atoms with Gasteiger partial charge in [0.05, 0.1) is 63.7 Å². The zero-order valence-corrected chi connectivity index (χ0v) is 36.6. The summed E-state index contributed by atoms with van der Waals surface area (Å²) in [5.41, 5.74) is -2.22. The number of carboxylic acid groups (broad SMARTS) is 4. The average Bonchev–Trinajstić information content (AvgIpc) is 3.21. The highest BCUT2D eigenvalue weighted by Crippen LogP contribution is 2.13. The summed E-state index contributed by atoms with van der Waals surface area (Å²) in [6.45, 7) is 5.35. The van der Waals surface area contributed by atoms with Crippen molar-refractivity contribution in [1.82, 2.24) is 0 Å². The number of rotatable bonds is 32. The van der Waals surface area contributed by atoms with E-state index >= 15 is 0 Å². The molecule has 16 heteroatoms. The number of aliphatic carboxylic acids is 4. The van der Waals surface area contributed by atoms with Crippen LogP contribution in [0.15, 0.2) is 0 Å². The summed E-state index contributed by atoms with van der Waals surface area (Å²) in [6, 6.07) is 0. The lowest BCUT2D eigenvalue weighted by Crippen LogP contribution is -2.37. The van der Waals surface area contributed by atoms with Crippen LogP contribution >= 0.6 is 0 Å². The molecular formula is C42H88O16. The van der Waals surface area contributed by atoms with Gasteiger partial charge in [-0.1, -0.05) is 130 Å². The highest BCUT2D eigenvalue weighted by Gasteiger charge is 2.27. The van der Waals surface area contributed by atoms with Crippen LogP contribution in [0, 0.1) is 10.8 Å². The molecular weight excluding hydrogens is 760 g/mol. The number of carboxylic acids is 4. The number of aliphatic hydroxyl groups is 8. The van der Waals surface area contributed by atoms with Crippen LogP contribution in [0.5, 0.6) is 0 Å². The molecule has 0 aliphatic rings. The topological polar surface area (TPSA) is 311 Å². The Morgan fingerprint density at radius 2 is 0.414 bits per heavy atom. The minimum atomic E-state index is -1.11. The molecule has 0 radical (unpaired) electrons. The molecule has 0 bridgehead atoms. The van der Waals surface area contributed by atoms with E-state index in [9.17, 15) is 19.2 Å². The lowest BCUT2D eigenvalue weighted by atomic mass is 9.93. The molecule has 0 saturated heterocycles.